The summed E-state index contributed by atoms with van der Waals surface area (Å²) < 4.78 is 0. The monoisotopic (exact) mass is 138 g/mol. The lowest BCUT2D eigenvalue weighted by Gasteiger charge is -2.10. The van der Waals surface area contributed by atoms with Crippen LogP contribution in [0.15, 0.2) is 11.6 Å². The van der Waals surface area contributed by atoms with E-state index >= 15 is 0 Å². The van der Waals surface area contributed by atoms with Crippen LogP contribution in [-0.2, 0) is 0 Å². The molecular formula is C10H18. The lowest BCUT2D eigenvalue weighted by Crippen LogP contribution is -1.96. The lowest BCUT2D eigenvalue weighted by atomic mass is 9.95. The molecular weight excluding hydrogens is 120 g/mol. The van der Waals surface area contributed by atoms with Crippen LogP contribution in [0.1, 0.15) is 46.0 Å². The Morgan fingerprint density at radius 2 is 2.00 bits per heavy atom. The Hall–Kier alpha value is -0.260. The average molecular weight is 138 g/mol. The van der Waals surface area contributed by atoms with Gasteiger partial charge in [0.05, 0.1) is 0 Å². The molecule has 10 heavy (non-hydrogen) atoms. The Kier molecular flexibility index (Phi) is 2.98. The van der Waals surface area contributed by atoms with Gasteiger partial charge >= 0.3 is 0 Å². The third-order valence-corrected chi connectivity index (χ3v) is 2.66. The SMILES string of the molecule is C/C=C(\CC)C1CCCC1. The van der Waals surface area contributed by atoms with E-state index < -0.39 is 0 Å². The first kappa shape index (κ1) is 7.84. The maximum absolute atomic E-state index is 2.32. The fourth-order valence-electron chi connectivity index (χ4n) is 2.03. The van der Waals surface area contributed by atoms with E-state index in [2.05, 4.69) is 19.9 Å². The molecule has 0 aromatic carbocycles. The molecule has 0 aliphatic heterocycles. The first-order chi connectivity index (χ1) is 4.88. The molecule has 1 saturated carbocycles. The molecule has 0 aromatic rings. The molecule has 0 unspecified atom stereocenters. The molecule has 1 rings (SSSR count). The van der Waals surface area contributed by atoms with E-state index in [1.54, 1.807) is 5.57 Å². The largest absolute Gasteiger partial charge is 0.0882 e. The summed E-state index contributed by atoms with van der Waals surface area (Å²) in [7, 11) is 0. The minimum Gasteiger partial charge on any atom is -0.0882 e. The smallest absolute Gasteiger partial charge is 0.0203 e. The van der Waals surface area contributed by atoms with Crippen molar-refractivity contribution < 1.29 is 0 Å². The quantitative estimate of drug-likeness (QED) is 0.512. The van der Waals surface area contributed by atoms with Crippen molar-refractivity contribution in [3.63, 3.8) is 0 Å². The number of rotatable bonds is 2. The highest BCUT2D eigenvalue weighted by Gasteiger charge is 2.16. The highest BCUT2D eigenvalue weighted by Crippen LogP contribution is 2.32. The second-order valence-electron chi connectivity index (χ2n) is 3.20. The summed E-state index contributed by atoms with van der Waals surface area (Å²) in [5.74, 6) is 0.954. The number of hydrogen-bond donors (Lipinski definition) is 0. The van der Waals surface area contributed by atoms with Crippen LogP contribution in [0, 0.1) is 5.92 Å². The molecule has 0 amide bonds. The summed E-state index contributed by atoms with van der Waals surface area (Å²) in [6.07, 6.45) is 9.40. The highest BCUT2D eigenvalue weighted by atomic mass is 14.2. The normalized spacial score (nSPS) is 22.0. The molecule has 0 N–H and O–H groups in total. The van der Waals surface area contributed by atoms with Gasteiger partial charge in [0.25, 0.3) is 0 Å². The van der Waals surface area contributed by atoms with Gasteiger partial charge in [-0.05, 0) is 32.1 Å². The maximum Gasteiger partial charge on any atom is -0.0203 e. The second kappa shape index (κ2) is 3.80. The van der Waals surface area contributed by atoms with Crippen molar-refractivity contribution in [2.24, 2.45) is 5.92 Å². The topological polar surface area (TPSA) is 0 Å². The van der Waals surface area contributed by atoms with E-state index in [1.165, 1.54) is 32.1 Å². The van der Waals surface area contributed by atoms with Crippen molar-refractivity contribution in [1.82, 2.24) is 0 Å². The van der Waals surface area contributed by atoms with Crippen LogP contribution >= 0.6 is 0 Å². The fraction of sp³-hybridized carbons (Fsp3) is 0.800. The van der Waals surface area contributed by atoms with Crippen LogP contribution in [-0.4, -0.2) is 0 Å². The molecule has 0 radical (unpaired) electrons. The van der Waals surface area contributed by atoms with Crippen molar-refractivity contribution in [1.29, 1.82) is 0 Å². The summed E-state index contributed by atoms with van der Waals surface area (Å²) >= 11 is 0. The van der Waals surface area contributed by atoms with Gasteiger partial charge in [0.15, 0.2) is 0 Å². The zero-order valence-electron chi connectivity index (χ0n) is 7.19. The average Bonchev–Trinajstić information content (AvgIpc) is 2.43. The molecule has 1 aliphatic carbocycles. The molecule has 0 aromatic heterocycles. The van der Waals surface area contributed by atoms with Crippen LogP contribution in [0.2, 0.25) is 0 Å². The van der Waals surface area contributed by atoms with Crippen LogP contribution in [0.5, 0.6) is 0 Å². The Morgan fingerprint density at radius 1 is 1.40 bits per heavy atom. The Morgan fingerprint density at radius 3 is 2.40 bits per heavy atom. The molecule has 1 fully saturated rings. The van der Waals surface area contributed by atoms with E-state index in [0.717, 1.165) is 5.92 Å². The van der Waals surface area contributed by atoms with Crippen LogP contribution in [0.25, 0.3) is 0 Å². The molecule has 0 nitrogen and oxygen atoms in total. The molecule has 0 atom stereocenters. The first-order valence-corrected chi connectivity index (χ1v) is 4.53. The summed E-state index contributed by atoms with van der Waals surface area (Å²) in [4.78, 5) is 0. The van der Waals surface area contributed by atoms with E-state index in [9.17, 15) is 0 Å². The maximum atomic E-state index is 2.32. The van der Waals surface area contributed by atoms with Gasteiger partial charge in [-0.15, -0.1) is 0 Å². The first-order valence-electron chi connectivity index (χ1n) is 4.53. The predicted molar refractivity (Wildman–Crippen MR) is 46.0 cm³/mol. The zero-order chi connectivity index (χ0) is 7.40. The van der Waals surface area contributed by atoms with Gasteiger partial charge in [-0.25, -0.2) is 0 Å². The number of allylic oxidation sites excluding steroid dienone is 2. The van der Waals surface area contributed by atoms with Crippen molar-refractivity contribution >= 4 is 0 Å². The van der Waals surface area contributed by atoms with E-state index in [0.29, 0.717) is 0 Å². The third-order valence-electron chi connectivity index (χ3n) is 2.66. The standard InChI is InChI=1S/C10H18/c1-3-9(4-2)10-7-5-6-8-10/h3,10H,4-8H2,1-2H3/b9-3+. The Bertz CT molecular complexity index is 116. The fourth-order valence-corrected chi connectivity index (χ4v) is 2.03. The van der Waals surface area contributed by atoms with Crippen molar-refractivity contribution in [2.75, 3.05) is 0 Å². The predicted octanol–water partition coefficient (Wildman–Crippen LogP) is 3.53. The van der Waals surface area contributed by atoms with Gasteiger partial charge in [0.1, 0.15) is 0 Å². The second-order valence-corrected chi connectivity index (χ2v) is 3.20. The lowest BCUT2D eigenvalue weighted by molar-refractivity contribution is 0.619. The van der Waals surface area contributed by atoms with Gasteiger partial charge in [-0.2, -0.15) is 0 Å². The molecule has 0 heteroatoms. The Balaban J connectivity index is 2.45. The van der Waals surface area contributed by atoms with E-state index in [1.807, 2.05) is 0 Å². The minimum atomic E-state index is 0.954. The van der Waals surface area contributed by atoms with Gasteiger partial charge in [-0.3, -0.25) is 0 Å². The van der Waals surface area contributed by atoms with Gasteiger partial charge in [-0.1, -0.05) is 31.4 Å². The Labute approximate surface area is 64.3 Å². The van der Waals surface area contributed by atoms with Crippen molar-refractivity contribution in [2.45, 2.75) is 46.0 Å². The summed E-state index contributed by atoms with van der Waals surface area (Å²) in [5.41, 5.74) is 1.69. The van der Waals surface area contributed by atoms with Crippen molar-refractivity contribution in [3.05, 3.63) is 11.6 Å². The van der Waals surface area contributed by atoms with E-state index in [-0.39, 0.29) is 0 Å². The zero-order valence-corrected chi connectivity index (χ0v) is 7.19. The van der Waals surface area contributed by atoms with Crippen LogP contribution < -0.4 is 0 Å². The third kappa shape index (κ3) is 1.62. The van der Waals surface area contributed by atoms with Crippen molar-refractivity contribution in [3.8, 4) is 0 Å². The van der Waals surface area contributed by atoms with Gasteiger partial charge in [0.2, 0.25) is 0 Å². The van der Waals surface area contributed by atoms with E-state index in [4.69, 9.17) is 0 Å². The summed E-state index contributed by atoms with van der Waals surface area (Å²) in [6.45, 7) is 4.45. The molecule has 0 heterocycles. The highest BCUT2D eigenvalue weighted by molar-refractivity contribution is 5.06. The summed E-state index contributed by atoms with van der Waals surface area (Å²) in [5, 5.41) is 0. The van der Waals surface area contributed by atoms with Gasteiger partial charge < -0.3 is 0 Å². The molecule has 0 saturated heterocycles. The number of hydrogen-bond acceptors (Lipinski definition) is 0. The summed E-state index contributed by atoms with van der Waals surface area (Å²) in [6, 6.07) is 0. The molecule has 1 aliphatic rings. The van der Waals surface area contributed by atoms with Crippen LogP contribution in [0.4, 0.5) is 0 Å². The van der Waals surface area contributed by atoms with Gasteiger partial charge in [0, 0.05) is 0 Å². The molecule has 0 bridgehead atoms. The molecule has 58 valence electrons. The minimum absolute atomic E-state index is 0.954. The van der Waals surface area contributed by atoms with Crippen LogP contribution in [0.3, 0.4) is 0 Å². The molecule has 0 spiro atoms.